The SMILES string of the molecule is CCC(=O)n1ncc2c(-c3ccc4nc[nH]c4c3)nc(C)nc21.CCCN(CCC)C(C)=O.CCCOCCC. The number of nitrogens with zero attached hydrogens (tertiary/aromatic N) is 6. The van der Waals surface area contributed by atoms with Crippen molar-refractivity contribution in [3.63, 3.8) is 0 Å². The van der Waals surface area contributed by atoms with Crippen molar-refractivity contribution >= 4 is 33.9 Å². The fourth-order valence-electron chi connectivity index (χ4n) is 4.01. The van der Waals surface area contributed by atoms with Gasteiger partial charge in [0, 0.05) is 45.2 Å². The fraction of sp³-hybridized carbons (Fsp3) is 0.533. The zero-order chi connectivity index (χ0) is 29.5. The van der Waals surface area contributed by atoms with Crippen molar-refractivity contribution in [3.8, 4) is 11.3 Å². The third-order valence-corrected chi connectivity index (χ3v) is 5.90. The van der Waals surface area contributed by atoms with Crippen LogP contribution in [0.5, 0.6) is 0 Å². The van der Waals surface area contributed by atoms with Gasteiger partial charge < -0.3 is 14.6 Å². The van der Waals surface area contributed by atoms with E-state index in [1.54, 1.807) is 26.4 Å². The van der Waals surface area contributed by atoms with Crippen LogP contribution in [0.25, 0.3) is 33.3 Å². The highest BCUT2D eigenvalue weighted by atomic mass is 16.5. The molecule has 0 fully saturated rings. The molecule has 10 heteroatoms. The monoisotopic (exact) mass is 551 g/mol. The van der Waals surface area contributed by atoms with Gasteiger partial charge in [-0.1, -0.05) is 40.7 Å². The third kappa shape index (κ3) is 9.22. The summed E-state index contributed by atoms with van der Waals surface area (Å²) in [4.78, 5) is 41.0. The van der Waals surface area contributed by atoms with Crippen LogP contribution in [0, 0.1) is 6.92 Å². The summed E-state index contributed by atoms with van der Waals surface area (Å²) in [5.41, 5.74) is 4.07. The molecular weight excluding hydrogens is 506 g/mol. The Morgan fingerprint density at radius 3 is 2.23 bits per heavy atom. The molecule has 0 saturated heterocycles. The second kappa shape index (κ2) is 17.1. The van der Waals surface area contributed by atoms with Crippen LogP contribution < -0.4 is 0 Å². The molecule has 4 rings (SSSR count). The molecule has 0 saturated carbocycles. The van der Waals surface area contributed by atoms with Crippen LogP contribution in [-0.4, -0.2) is 72.7 Å². The lowest BCUT2D eigenvalue weighted by Gasteiger charge is -2.18. The summed E-state index contributed by atoms with van der Waals surface area (Å²) in [6.45, 7) is 17.3. The summed E-state index contributed by atoms with van der Waals surface area (Å²) in [6, 6.07) is 5.89. The normalized spacial score (nSPS) is 10.6. The first-order chi connectivity index (χ1) is 19.3. The summed E-state index contributed by atoms with van der Waals surface area (Å²) in [5, 5.41) is 4.95. The van der Waals surface area contributed by atoms with Crippen molar-refractivity contribution in [2.75, 3.05) is 26.3 Å². The number of carbonyl (C=O) groups excluding carboxylic acids is 2. The number of aromatic nitrogens is 6. The van der Waals surface area contributed by atoms with Crippen LogP contribution in [0.3, 0.4) is 0 Å². The Bertz CT molecular complexity index is 1340. The molecular formula is C30H45N7O3. The molecule has 1 amide bonds. The molecule has 1 aromatic carbocycles. The largest absolute Gasteiger partial charge is 0.381 e. The Labute approximate surface area is 237 Å². The minimum absolute atomic E-state index is 0.0897. The maximum absolute atomic E-state index is 12.0. The van der Waals surface area contributed by atoms with Crippen molar-refractivity contribution in [1.82, 2.24) is 34.6 Å². The van der Waals surface area contributed by atoms with Crippen molar-refractivity contribution in [2.24, 2.45) is 0 Å². The zero-order valence-corrected chi connectivity index (χ0v) is 25.2. The molecule has 218 valence electrons. The third-order valence-electron chi connectivity index (χ3n) is 5.90. The smallest absolute Gasteiger partial charge is 0.248 e. The Balaban J connectivity index is 0.000000275. The van der Waals surface area contributed by atoms with Gasteiger partial charge in [-0.3, -0.25) is 9.59 Å². The number of imidazole rings is 1. The number of fused-ring (bicyclic) bond motifs is 2. The van der Waals surface area contributed by atoms with E-state index in [9.17, 15) is 9.59 Å². The average Bonchev–Trinajstić information content (AvgIpc) is 3.60. The van der Waals surface area contributed by atoms with Gasteiger partial charge in [0.1, 0.15) is 5.82 Å². The standard InChI is InChI=1S/C16H14N6O.C8H17NO.C6H14O/c1-3-14(23)22-16-11(7-19-22)15(20-9(2)21-16)10-4-5-12-13(6-10)18-8-17-12;1-4-6-9(7-5-2)8(3)10;1-3-5-7-6-4-2/h4-8H,3H2,1-2H3,(H,17,18);4-7H2,1-3H3;3-6H2,1-2H3. The summed E-state index contributed by atoms with van der Waals surface area (Å²) in [7, 11) is 0. The molecule has 0 spiro atoms. The number of carbonyl (C=O) groups is 2. The Morgan fingerprint density at radius 1 is 0.975 bits per heavy atom. The van der Waals surface area contributed by atoms with Gasteiger partial charge in [-0.15, -0.1) is 0 Å². The van der Waals surface area contributed by atoms with Crippen molar-refractivity contribution in [1.29, 1.82) is 0 Å². The van der Waals surface area contributed by atoms with E-state index in [0.717, 1.165) is 79.7 Å². The molecule has 0 radical (unpaired) electrons. The maximum Gasteiger partial charge on any atom is 0.248 e. The van der Waals surface area contributed by atoms with Crippen molar-refractivity contribution in [2.45, 2.75) is 80.6 Å². The number of aryl methyl sites for hydroxylation is 1. The van der Waals surface area contributed by atoms with Crippen LogP contribution in [-0.2, 0) is 9.53 Å². The predicted molar refractivity (Wildman–Crippen MR) is 160 cm³/mol. The maximum atomic E-state index is 12.0. The number of aromatic amines is 1. The van der Waals surface area contributed by atoms with Gasteiger partial charge in [0.25, 0.3) is 0 Å². The Morgan fingerprint density at radius 2 is 1.65 bits per heavy atom. The van der Waals surface area contributed by atoms with Gasteiger partial charge in [0.05, 0.1) is 34.6 Å². The Kier molecular flexibility index (Phi) is 13.9. The highest BCUT2D eigenvalue weighted by Gasteiger charge is 2.16. The number of benzene rings is 1. The lowest BCUT2D eigenvalue weighted by Crippen LogP contribution is -2.29. The lowest BCUT2D eigenvalue weighted by atomic mass is 10.1. The minimum atomic E-state index is -0.0897. The first-order valence-electron chi connectivity index (χ1n) is 14.3. The van der Waals surface area contributed by atoms with Crippen molar-refractivity contribution < 1.29 is 14.3 Å². The number of ether oxygens (including phenoxy) is 1. The van der Waals surface area contributed by atoms with Gasteiger partial charge in [0.2, 0.25) is 11.8 Å². The number of amides is 1. The average molecular weight is 552 g/mol. The molecule has 3 aromatic heterocycles. The van der Waals surface area contributed by atoms with Gasteiger partial charge in [-0.25, -0.2) is 15.0 Å². The van der Waals surface area contributed by atoms with E-state index < -0.39 is 0 Å². The van der Waals surface area contributed by atoms with Gasteiger partial charge >= 0.3 is 0 Å². The van der Waals surface area contributed by atoms with E-state index in [4.69, 9.17) is 4.74 Å². The van der Waals surface area contributed by atoms with E-state index in [1.165, 1.54) is 4.68 Å². The highest BCUT2D eigenvalue weighted by Crippen LogP contribution is 2.28. The molecule has 0 unspecified atom stereocenters. The molecule has 0 aliphatic heterocycles. The molecule has 1 N–H and O–H groups in total. The van der Waals surface area contributed by atoms with Crippen LogP contribution in [0.15, 0.2) is 30.7 Å². The van der Waals surface area contributed by atoms with Gasteiger partial charge in [-0.05, 0) is 44.7 Å². The van der Waals surface area contributed by atoms with E-state index in [0.29, 0.717) is 17.9 Å². The number of hydrogen-bond acceptors (Lipinski definition) is 7. The van der Waals surface area contributed by atoms with Crippen LogP contribution >= 0.6 is 0 Å². The second-order valence-corrected chi connectivity index (χ2v) is 9.41. The topological polar surface area (TPSA) is 119 Å². The molecule has 0 atom stereocenters. The number of H-pyrrole nitrogens is 1. The molecule has 40 heavy (non-hydrogen) atoms. The van der Waals surface area contributed by atoms with E-state index in [2.05, 4.69) is 52.7 Å². The minimum Gasteiger partial charge on any atom is -0.381 e. The first-order valence-corrected chi connectivity index (χ1v) is 14.3. The zero-order valence-electron chi connectivity index (χ0n) is 25.2. The van der Waals surface area contributed by atoms with Gasteiger partial charge in [-0.2, -0.15) is 9.78 Å². The molecule has 4 aromatic rings. The Hall–Kier alpha value is -3.66. The quantitative estimate of drug-likeness (QED) is 0.233. The molecule has 0 bridgehead atoms. The van der Waals surface area contributed by atoms with Crippen molar-refractivity contribution in [3.05, 3.63) is 36.5 Å². The van der Waals surface area contributed by atoms with E-state index >= 15 is 0 Å². The molecule has 0 aliphatic carbocycles. The van der Waals surface area contributed by atoms with E-state index in [1.807, 2.05) is 30.0 Å². The van der Waals surface area contributed by atoms with E-state index in [-0.39, 0.29) is 11.8 Å². The van der Waals surface area contributed by atoms with Gasteiger partial charge in [0.15, 0.2) is 5.65 Å². The second-order valence-electron chi connectivity index (χ2n) is 9.41. The number of rotatable bonds is 10. The lowest BCUT2D eigenvalue weighted by molar-refractivity contribution is -0.128. The summed E-state index contributed by atoms with van der Waals surface area (Å²) in [6.07, 6.45) is 8.07. The number of hydrogen-bond donors (Lipinski definition) is 1. The molecule has 0 aliphatic rings. The summed E-state index contributed by atoms with van der Waals surface area (Å²) in [5.74, 6) is 0.708. The number of nitrogens with one attached hydrogen (secondary N) is 1. The van der Waals surface area contributed by atoms with Crippen LogP contribution in [0.2, 0.25) is 0 Å². The van der Waals surface area contributed by atoms with Crippen LogP contribution in [0.4, 0.5) is 0 Å². The highest BCUT2D eigenvalue weighted by molar-refractivity contribution is 5.96. The first kappa shape index (κ1) is 32.6. The summed E-state index contributed by atoms with van der Waals surface area (Å²) < 4.78 is 6.48. The van der Waals surface area contributed by atoms with Crippen LogP contribution in [0.1, 0.15) is 84.3 Å². The summed E-state index contributed by atoms with van der Waals surface area (Å²) >= 11 is 0. The molecule has 3 heterocycles. The molecule has 10 nitrogen and oxygen atoms in total. The predicted octanol–water partition coefficient (Wildman–Crippen LogP) is 6.21. The fourth-order valence-corrected chi connectivity index (χ4v) is 4.01.